The van der Waals surface area contributed by atoms with Crippen molar-refractivity contribution in [3.8, 4) is 11.7 Å². The zero-order valence-corrected chi connectivity index (χ0v) is 10.5. The minimum absolute atomic E-state index is 0.0990. The number of para-hydroxylation sites is 1. The Hall–Kier alpha value is -2.28. The molecule has 0 fully saturated rings. The molecule has 3 rings (SSSR count). The van der Waals surface area contributed by atoms with E-state index in [4.69, 9.17) is 14.6 Å². The van der Waals surface area contributed by atoms with Crippen LogP contribution in [0.3, 0.4) is 0 Å². The lowest BCUT2D eigenvalue weighted by atomic mass is 10.2. The number of primary amides is 1. The quantitative estimate of drug-likeness (QED) is 0.732. The second kappa shape index (κ2) is 4.77. The van der Waals surface area contributed by atoms with Gasteiger partial charge in [-0.15, -0.1) is 10.2 Å². The van der Waals surface area contributed by atoms with Crippen LogP contribution in [0.15, 0.2) is 44.4 Å². The fraction of sp³-hybridized carbons (Fsp3) is 0.0833. The van der Waals surface area contributed by atoms with Crippen molar-refractivity contribution in [2.75, 3.05) is 5.75 Å². The normalized spacial score (nSPS) is 10.9. The van der Waals surface area contributed by atoms with Crippen molar-refractivity contribution < 1.29 is 13.6 Å². The molecule has 0 saturated heterocycles. The fourth-order valence-electron chi connectivity index (χ4n) is 1.59. The van der Waals surface area contributed by atoms with Gasteiger partial charge < -0.3 is 14.6 Å². The molecule has 0 bridgehead atoms. The molecular formula is C12H9N3O3S. The smallest absolute Gasteiger partial charge is 0.284 e. The number of carbonyl (C=O) groups excluding carboxylic acids is 1. The van der Waals surface area contributed by atoms with Gasteiger partial charge in [0.1, 0.15) is 5.58 Å². The summed E-state index contributed by atoms with van der Waals surface area (Å²) in [6.45, 7) is 0. The van der Waals surface area contributed by atoms with Crippen molar-refractivity contribution in [1.29, 1.82) is 0 Å². The highest BCUT2D eigenvalue weighted by molar-refractivity contribution is 7.99. The van der Waals surface area contributed by atoms with E-state index in [1.807, 2.05) is 30.3 Å². The van der Waals surface area contributed by atoms with Gasteiger partial charge in [0.25, 0.3) is 11.1 Å². The average molecular weight is 275 g/mol. The van der Waals surface area contributed by atoms with Crippen LogP contribution in [0.1, 0.15) is 0 Å². The number of carbonyl (C=O) groups is 1. The second-order valence-electron chi connectivity index (χ2n) is 3.78. The van der Waals surface area contributed by atoms with E-state index in [0.29, 0.717) is 5.76 Å². The van der Waals surface area contributed by atoms with Gasteiger partial charge in [-0.3, -0.25) is 4.79 Å². The maximum Gasteiger partial charge on any atom is 0.284 e. The first-order valence-corrected chi connectivity index (χ1v) is 6.44. The van der Waals surface area contributed by atoms with Crippen LogP contribution < -0.4 is 5.73 Å². The lowest BCUT2D eigenvalue weighted by Gasteiger charge is -1.89. The molecule has 7 heteroatoms. The number of nitrogens with two attached hydrogens (primary N) is 1. The molecule has 2 aromatic heterocycles. The number of thioether (sulfide) groups is 1. The number of furan rings is 1. The topological polar surface area (TPSA) is 95.2 Å². The predicted molar refractivity (Wildman–Crippen MR) is 69.4 cm³/mol. The summed E-state index contributed by atoms with van der Waals surface area (Å²) in [7, 11) is 0. The third-order valence-electron chi connectivity index (χ3n) is 2.38. The van der Waals surface area contributed by atoms with Gasteiger partial charge in [0, 0.05) is 5.39 Å². The largest absolute Gasteiger partial charge is 0.451 e. The lowest BCUT2D eigenvalue weighted by molar-refractivity contribution is -0.115. The van der Waals surface area contributed by atoms with Crippen molar-refractivity contribution in [1.82, 2.24) is 10.2 Å². The number of nitrogens with zero attached hydrogens (tertiary/aromatic N) is 2. The van der Waals surface area contributed by atoms with Crippen LogP contribution in [0, 0.1) is 0 Å². The average Bonchev–Trinajstić information content (AvgIpc) is 3.02. The molecule has 3 aromatic rings. The Kier molecular flexibility index (Phi) is 2.96. The first kappa shape index (κ1) is 11.8. The number of rotatable bonds is 4. The summed E-state index contributed by atoms with van der Waals surface area (Å²) in [5.41, 5.74) is 5.79. The van der Waals surface area contributed by atoms with Crippen LogP contribution in [-0.4, -0.2) is 21.9 Å². The molecule has 96 valence electrons. The number of benzene rings is 1. The molecule has 19 heavy (non-hydrogen) atoms. The summed E-state index contributed by atoms with van der Waals surface area (Å²) in [6.07, 6.45) is 0. The van der Waals surface area contributed by atoms with E-state index in [1.54, 1.807) is 0 Å². The molecule has 0 aliphatic carbocycles. The first-order chi connectivity index (χ1) is 9.22. The van der Waals surface area contributed by atoms with E-state index in [-0.39, 0.29) is 16.9 Å². The fourth-order valence-corrected chi connectivity index (χ4v) is 2.09. The van der Waals surface area contributed by atoms with Crippen molar-refractivity contribution in [2.24, 2.45) is 5.73 Å². The summed E-state index contributed by atoms with van der Waals surface area (Å²) in [6, 6.07) is 9.42. The Bertz CT molecular complexity index is 701. The monoisotopic (exact) mass is 275 g/mol. The molecule has 1 aromatic carbocycles. The highest BCUT2D eigenvalue weighted by Gasteiger charge is 2.14. The summed E-state index contributed by atoms with van der Waals surface area (Å²) in [5.74, 6) is 0.443. The van der Waals surface area contributed by atoms with Gasteiger partial charge in [-0.25, -0.2) is 0 Å². The summed E-state index contributed by atoms with van der Waals surface area (Å²) in [5, 5.41) is 8.94. The SMILES string of the molecule is NC(=O)CSc1nnc(-c2cc3ccccc3o2)o1. The molecule has 0 spiro atoms. The third kappa shape index (κ3) is 2.45. The Morgan fingerprint density at radius 1 is 1.26 bits per heavy atom. The molecule has 2 N–H and O–H groups in total. The van der Waals surface area contributed by atoms with Gasteiger partial charge in [0.2, 0.25) is 5.91 Å². The minimum atomic E-state index is -0.437. The summed E-state index contributed by atoms with van der Waals surface area (Å²) < 4.78 is 11.0. The van der Waals surface area contributed by atoms with Crippen molar-refractivity contribution >= 4 is 28.6 Å². The van der Waals surface area contributed by atoms with Gasteiger partial charge in [-0.05, 0) is 12.1 Å². The zero-order valence-electron chi connectivity index (χ0n) is 9.70. The highest BCUT2D eigenvalue weighted by Crippen LogP contribution is 2.28. The van der Waals surface area contributed by atoms with E-state index in [2.05, 4.69) is 10.2 Å². The molecule has 0 radical (unpaired) electrons. The van der Waals surface area contributed by atoms with Gasteiger partial charge in [0.15, 0.2) is 5.76 Å². The van der Waals surface area contributed by atoms with Crippen molar-refractivity contribution in [3.63, 3.8) is 0 Å². The van der Waals surface area contributed by atoms with Crippen LogP contribution in [0.2, 0.25) is 0 Å². The van der Waals surface area contributed by atoms with Gasteiger partial charge >= 0.3 is 0 Å². The van der Waals surface area contributed by atoms with E-state index >= 15 is 0 Å². The molecule has 2 heterocycles. The van der Waals surface area contributed by atoms with Gasteiger partial charge in [-0.2, -0.15) is 0 Å². The summed E-state index contributed by atoms with van der Waals surface area (Å²) >= 11 is 1.09. The third-order valence-corrected chi connectivity index (χ3v) is 3.22. The molecular weight excluding hydrogens is 266 g/mol. The number of amides is 1. The van der Waals surface area contributed by atoms with Crippen molar-refractivity contribution in [2.45, 2.75) is 5.22 Å². The summed E-state index contributed by atoms with van der Waals surface area (Å²) in [4.78, 5) is 10.7. The van der Waals surface area contributed by atoms with Crippen LogP contribution >= 0.6 is 11.8 Å². The van der Waals surface area contributed by atoms with E-state index in [0.717, 1.165) is 22.7 Å². The van der Waals surface area contributed by atoms with Crippen LogP contribution in [0.4, 0.5) is 0 Å². The molecule has 6 nitrogen and oxygen atoms in total. The van der Waals surface area contributed by atoms with Gasteiger partial charge in [0.05, 0.1) is 5.75 Å². The Balaban J connectivity index is 1.87. The number of fused-ring (bicyclic) bond motifs is 1. The second-order valence-corrected chi connectivity index (χ2v) is 4.70. The maximum absolute atomic E-state index is 10.7. The van der Waals surface area contributed by atoms with Crippen LogP contribution in [0.25, 0.3) is 22.6 Å². The Morgan fingerprint density at radius 2 is 2.11 bits per heavy atom. The Labute approximate surface area is 112 Å². The molecule has 0 saturated carbocycles. The molecule has 0 aliphatic rings. The number of hydrogen-bond donors (Lipinski definition) is 1. The van der Waals surface area contributed by atoms with Crippen LogP contribution in [0.5, 0.6) is 0 Å². The molecule has 1 amide bonds. The van der Waals surface area contributed by atoms with Crippen molar-refractivity contribution in [3.05, 3.63) is 30.3 Å². The van der Waals surface area contributed by atoms with Crippen LogP contribution in [-0.2, 0) is 4.79 Å². The van der Waals surface area contributed by atoms with Gasteiger partial charge in [-0.1, -0.05) is 30.0 Å². The molecule has 0 unspecified atom stereocenters. The number of hydrogen-bond acceptors (Lipinski definition) is 6. The maximum atomic E-state index is 10.7. The predicted octanol–water partition coefficient (Wildman–Crippen LogP) is 2.06. The first-order valence-electron chi connectivity index (χ1n) is 5.46. The Morgan fingerprint density at radius 3 is 2.89 bits per heavy atom. The standard InChI is InChI=1S/C12H9N3O3S/c13-10(16)6-19-12-15-14-11(18-12)9-5-7-3-1-2-4-8(7)17-9/h1-5H,6H2,(H2,13,16). The molecule has 0 aliphatic heterocycles. The van der Waals surface area contributed by atoms with E-state index in [9.17, 15) is 4.79 Å². The zero-order chi connectivity index (χ0) is 13.2. The van der Waals surface area contributed by atoms with E-state index < -0.39 is 5.91 Å². The minimum Gasteiger partial charge on any atom is -0.451 e. The molecule has 0 atom stereocenters. The number of aromatic nitrogens is 2. The highest BCUT2D eigenvalue weighted by atomic mass is 32.2. The van der Waals surface area contributed by atoms with E-state index in [1.165, 1.54) is 0 Å². The lowest BCUT2D eigenvalue weighted by Crippen LogP contribution is -2.12.